The number of hydrogen-bond donors (Lipinski definition) is 2. The summed E-state index contributed by atoms with van der Waals surface area (Å²) in [5, 5.41) is 16.4. The van der Waals surface area contributed by atoms with Crippen molar-refractivity contribution in [3.63, 3.8) is 0 Å². The molecule has 2 aromatic heterocycles. The third-order valence-electron chi connectivity index (χ3n) is 9.75. The summed E-state index contributed by atoms with van der Waals surface area (Å²) in [6.45, 7) is 2.83. The highest BCUT2D eigenvalue weighted by molar-refractivity contribution is 6.04. The lowest BCUT2D eigenvalue weighted by Gasteiger charge is -2.38. The van der Waals surface area contributed by atoms with Crippen molar-refractivity contribution >= 4 is 39.1 Å². The number of aromatic nitrogens is 2. The number of aliphatic carboxylic acids is 1. The summed E-state index contributed by atoms with van der Waals surface area (Å²) in [7, 11) is 0. The van der Waals surface area contributed by atoms with Gasteiger partial charge in [-0.3, -0.25) is 19.7 Å². The molecule has 0 radical (unpaired) electrons. The fraction of sp³-hybridized carbons (Fsp3) is 0.333. The van der Waals surface area contributed by atoms with Gasteiger partial charge in [-0.2, -0.15) is 0 Å². The number of pyridine rings is 2. The SMILES string of the molecule is O=C(N[C@@H](Cc1cccc2c(-c3nccc4ccncc34)cccc12)C(=O)O)c1c(F)cc(N2CCOC[C@@H]2CC(F)F)cc1CN1CCOCC1. The van der Waals surface area contributed by atoms with Crippen LogP contribution in [-0.2, 0) is 27.2 Å². The second-order valence-corrected chi connectivity index (χ2v) is 13.0. The Hall–Kier alpha value is -5.11. The Labute approximate surface area is 298 Å². The fourth-order valence-corrected chi connectivity index (χ4v) is 7.22. The van der Waals surface area contributed by atoms with E-state index >= 15 is 4.39 Å². The second-order valence-electron chi connectivity index (χ2n) is 13.0. The van der Waals surface area contributed by atoms with Gasteiger partial charge in [0.05, 0.1) is 43.7 Å². The fourth-order valence-electron chi connectivity index (χ4n) is 7.22. The Morgan fingerprint density at radius 2 is 1.69 bits per heavy atom. The Balaban J connectivity index is 1.20. The number of alkyl halides is 2. The van der Waals surface area contributed by atoms with Gasteiger partial charge in [0.1, 0.15) is 11.9 Å². The van der Waals surface area contributed by atoms with E-state index in [1.54, 1.807) is 29.6 Å². The van der Waals surface area contributed by atoms with Crippen LogP contribution in [0.2, 0.25) is 0 Å². The standard InChI is InChI=1S/C39H38F3N5O5/c40-33-19-27(47-13-16-52-23-28(47)20-35(41)42)17-26(22-46-11-14-51-15-12-46)36(33)38(48)45-34(39(49)50)18-25-3-1-5-30-29(25)4-2-6-31(30)37-32-21-43-9-7-24(32)8-10-44-37/h1-10,17,19,21,28,34-35H,11-16,18,20,22-23H2,(H,45,48)(H,49,50)/t28-,34-/m0/s1. The zero-order chi connectivity index (χ0) is 36.2. The van der Waals surface area contributed by atoms with Gasteiger partial charge in [0.15, 0.2) is 0 Å². The lowest BCUT2D eigenvalue weighted by Crippen LogP contribution is -2.47. The maximum atomic E-state index is 16.2. The highest BCUT2D eigenvalue weighted by atomic mass is 19.3. The van der Waals surface area contributed by atoms with Crippen LogP contribution in [0.25, 0.3) is 32.8 Å². The normalized spacial score (nSPS) is 17.5. The first-order chi connectivity index (χ1) is 25.3. The van der Waals surface area contributed by atoms with E-state index in [0.29, 0.717) is 43.1 Å². The minimum Gasteiger partial charge on any atom is -0.480 e. The molecule has 0 aliphatic carbocycles. The molecule has 2 aliphatic heterocycles. The Kier molecular flexibility index (Phi) is 10.6. The van der Waals surface area contributed by atoms with Crippen molar-refractivity contribution in [2.75, 3.05) is 51.0 Å². The van der Waals surface area contributed by atoms with Crippen LogP contribution in [0, 0.1) is 5.82 Å². The lowest BCUT2D eigenvalue weighted by molar-refractivity contribution is -0.139. The van der Waals surface area contributed by atoms with Crippen LogP contribution in [0.5, 0.6) is 0 Å². The number of carboxylic acids is 1. The minimum absolute atomic E-state index is 0.0681. The van der Waals surface area contributed by atoms with Gasteiger partial charge in [0.25, 0.3) is 5.91 Å². The van der Waals surface area contributed by atoms with Crippen molar-refractivity contribution in [1.29, 1.82) is 0 Å². The number of carboxylic acid groups (broad SMARTS) is 1. The third kappa shape index (κ3) is 7.57. The number of nitrogens with one attached hydrogen (secondary N) is 1. The van der Waals surface area contributed by atoms with Crippen LogP contribution >= 0.6 is 0 Å². The number of benzene rings is 3. The number of nitrogens with zero attached hydrogens (tertiary/aromatic N) is 4. The van der Waals surface area contributed by atoms with Gasteiger partial charge in [-0.15, -0.1) is 0 Å². The average Bonchev–Trinajstić information content (AvgIpc) is 3.14. The van der Waals surface area contributed by atoms with Gasteiger partial charge in [-0.05, 0) is 51.6 Å². The number of fused-ring (bicyclic) bond motifs is 2. The van der Waals surface area contributed by atoms with E-state index in [4.69, 9.17) is 9.47 Å². The lowest BCUT2D eigenvalue weighted by atomic mass is 9.93. The van der Waals surface area contributed by atoms with Gasteiger partial charge < -0.3 is 24.8 Å². The molecular formula is C39H38F3N5O5. The van der Waals surface area contributed by atoms with Crippen LogP contribution in [0.3, 0.4) is 0 Å². The molecule has 0 spiro atoms. The number of carbonyl (C=O) groups excluding carboxylic acids is 1. The number of halogens is 3. The molecule has 2 saturated heterocycles. The molecule has 0 bridgehead atoms. The number of ether oxygens (including phenoxy) is 2. The third-order valence-corrected chi connectivity index (χ3v) is 9.75. The second kappa shape index (κ2) is 15.6. The average molecular weight is 714 g/mol. The highest BCUT2D eigenvalue weighted by Crippen LogP contribution is 2.34. The molecule has 4 heterocycles. The smallest absolute Gasteiger partial charge is 0.326 e. The largest absolute Gasteiger partial charge is 0.480 e. The van der Waals surface area contributed by atoms with E-state index in [9.17, 15) is 23.5 Å². The molecule has 13 heteroatoms. The maximum absolute atomic E-state index is 16.2. The molecule has 1 amide bonds. The summed E-state index contributed by atoms with van der Waals surface area (Å²) in [6.07, 6.45) is 2.11. The van der Waals surface area contributed by atoms with E-state index in [1.807, 2.05) is 53.4 Å². The van der Waals surface area contributed by atoms with Gasteiger partial charge in [-0.1, -0.05) is 36.4 Å². The molecule has 2 N–H and O–H groups in total. The van der Waals surface area contributed by atoms with Crippen molar-refractivity contribution in [3.8, 4) is 11.3 Å². The van der Waals surface area contributed by atoms with E-state index in [2.05, 4.69) is 15.3 Å². The van der Waals surface area contributed by atoms with Crippen LogP contribution in [0.4, 0.5) is 18.9 Å². The molecule has 2 fully saturated rings. The molecule has 0 unspecified atom stereocenters. The van der Waals surface area contributed by atoms with Crippen LogP contribution in [0.1, 0.15) is 27.9 Å². The molecule has 10 nitrogen and oxygen atoms in total. The number of anilines is 1. The maximum Gasteiger partial charge on any atom is 0.326 e. The number of carbonyl (C=O) groups is 2. The Bertz CT molecular complexity index is 2090. The van der Waals surface area contributed by atoms with Crippen molar-refractivity contribution in [1.82, 2.24) is 20.2 Å². The molecule has 270 valence electrons. The van der Waals surface area contributed by atoms with Crippen LogP contribution in [-0.4, -0.2) is 96.4 Å². The van der Waals surface area contributed by atoms with Gasteiger partial charge in [0, 0.05) is 74.2 Å². The monoisotopic (exact) mass is 713 g/mol. The zero-order valence-corrected chi connectivity index (χ0v) is 28.3. The van der Waals surface area contributed by atoms with Gasteiger partial charge in [-0.25, -0.2) is 18.0 Å². The van der Waals surface area contributed by atoms with E-state index in [1.165, 1.54) is 6.07 Å². The topological polar surface area (TPSA) is 117 Å². The molecular weight excluding hydrogens is 675 g/mol. The first-order valence-electron chi connectivity index (χ1n) is 17.2. The van der Waals surface area contributed by atoms with E-state index < -0.39 is 42.6 Å². The number of amides is 1. The van der Waals surface area contributed by atoms with E-state index in [-0.39, 0.29) is 38.3 Å². The summed E-state index contributed by atoms with van der Waals surface area (Å²) in [5.41, 5.74) is 2.67. The Morgan fingerprint density at radius 1 is 0.923 bits per heavy atom. The summed E-state index contributed by atoms with van der Waals surface area (Å²) in [6, 6.07) is 15.9. The quantitative estimate of drug-likeness (QED) is 0.178. The van der Waals surface area contributed by atoms with Crippen molar-refractivity contribution in [2.45, 2.75) is 37.9 Å². The molecule has 2 atom stereocenters. The molecule has 52 heavy (non-hydrogen) atoms. The first kappa shape index (κ1) is 35.3. The summed E-state index contributed by atoms with van der Waals surface area (Å²) in [5.74, 6) is -3.02. The molecule has 2 aliphatic rings. The Morgan fingerprint density at radius 3 is 2.50 bits per heavy atom. The number of morpholine rings is 2. The van der Waals surface area contributed by atoms with E-state index in [0.717, 1.165) is 32.8 Å². The van der Waals surface area contributed by atoms with Crippen molar-refractivity contribution in [2.24, 2.45) is 0 Å². The molecule has 0 saturated carbocycles. The molecule has 3 aromatic carbocycles. The predicted octanol–water partition coefficient (Wildman–Crippen LogP) is 5.71. The van der Waals surface area contributed by atoms with Crippen LogP contribution in [0.15, 0.2) is 79.3 Å². The predicted molar refractivity (Wildman–Crippen MR) is 190 cm³/mol. The number of hydrogen-bond acceptors (Lipinski definition) is 8. The van der Waals surface area contributed by atoms with Gasteiger partial charge in [0.2, 0.25) is 6.43 Å². The summed E-state index contributed by atoms with van der Waals surface area (Å²) >= 11 is 0. The van der Waals surface area contributed by atoms with Crippen LogP contribution < -0.4 is 10.2 Å². The van der Waals surface area contributed by atoms with Crippen molar-refractivity contribution < 1.29 is 37.3 Å². The first-order valence-corrected chi connectivity index (χ1v) is 17.2. The summed E-state index contributed by atoms with van der Waals surface area (Å²) in [4.78, 5) is 39.3. The zero-order valence-electron chi connectivity index (χ0n) is 28.3. The highest BCUT2D eigenvalue weighted by Gasteiger charge is 2.31. The number of rotatable bonds is 11. The van der Waals surface area contributed by atoms with Gasteiger partial charge >= 0.3 is 5.97 Å². The molecule has 7 rings (SSSR count). The summed E-state index contributed by atoms with van der Waals surface area (Å²) < 4.78 is 54.0. The molecule has 5 aromatic rings. The minimum atomic E-state index is -2.58. The van der Waals surface area contributed by atoms with Crippen molar-refractivity contribution in [3.05, 3.63) is 102 Å².